The van der Waals surface area contributed by atoms with E-state index in [-0.39, 0.29) is 17.8 Å². The van der Waals surface area contributed by atoms with Crippen LogP contribution >= 0.6 is 15.9 Å². The standard InChI is InChI=1S/C10H8BrFO/c1-2-3-10(13)8-6-7(11)4-5-9(8)12/h2,4-6H,1,3H2. The molecular formula is C10H8BrFO. The molecule has 68 valence electrons. The molecule has 0 unspecified atom stereocenters. The van der Waals surface area contributed by atoms with E-state index >= 15 is 0 Å². The van der Waals surface area contributed by atoms with Crippen LogP contribution in [0.15, 0.2) is 35.3 Å². The van der Waals surface area contributed by atoms with Crippen LogP contribution in [0.5, 0.6) is 0 Å². The first kappa shape index (κ1) is 10.1. The van der Waals surface area contributed by atoms with E-state index in [1.165, 1.54) is 18.2 Å². The molecular weight excluding hydrogens is 235 g/mol. The van der Waals surface area contributed by atoms with Gasteiger partial charge < -0.3 is 0 Å². The van der Waals surface area contributed by atoms with Gasteiger partial charge in [-0.05, 0) is 18.2 Å². The molecule has 0 aromatic heterocycles. The van der Waals surface area contributed by atoms with Crippen LogP contribution in [0.25, 0.3) is 0 Å². The fraction of sp³-hybridized carbons (Fsp3) is 0.100. The van der Waals surface area contributed by atoms with Gasteiger partial charge in [0.15, 0.2) is 5.78 Å². The van der Waals surface area contributed by atoms with Crippen molar-refractivity contribution in [3.05, 3.63) is 46.7 Å². The van der Waals surface area contributed by atoms with Gasteiger partial charge in [0.05, 0.1) is 5.56 Å². The van der Waals surface area contributed by atoms with E-state index in [9.17, 15) is 9.18 Å². The van der Waals surface area contributed by atoms with E-state index in [1.54, 1.807) is 6.07 Å². The van der Waals surface area contributed by atoms with Gasteiger partial charge >= 0.3 is 0 Å². The Kier molecular flexibility index (Phi) is 3.37. The number of rotatable bonds is 3. The maximum Gasteiger partial charge on any atom is 0.169 e. The third kappa shape index (κ3) is 2.49. The second kappa shape index (κ2) is 4.33. The quantitative estimate of drug-likeness (QED) is 0.587. The maximum atomic E-state index is 13.1. The Labute approximate surface area is 84.4 Å². The Morgan fingerprint density at radius 2 is 2.31 bits per heavy atom. The fourth-order valence-electron chi connectivity index (χ4n) is 0.952. The van der Waals surface area contributed by atoms with Gasteiger partial charge in [-0.1, -0.05) is 22.0 Å². The molecule has 1 rings (SSSR count). The molecule has 1 nitrogen and oxygen atoms in total. The number of ketones is 1. The first-order valence-corrected chi connectivity index (χ1v) is 4.53. The zero-order valence-electron chi connectivity index (χ0n) is 6.89. The number of allylic oxidation sites excluding steroid dienone is 1. The minimum Gasteiger partial charge on any atom is -0.294 e. The first-order chi connectivity index (χ1) is 6.15. The third-order valence-corrected chi connectivity index (χ3v) is 2.05. The van der Waals surface area contributed by atoms with Crippen molar-refractivity contribution in [2.45, 2.75) is 6.42 Å². The summed E-state index contributed by atoms with van der Waals surface area (Å²) in [5.74, 6) is -0.746. The molecule has 13 heavy (non-hydrogen) atoms. The number of carbonyl (C=O) groups excluding carboxylic acids is 1. The zero-order chi connectivity index (χ0) is 9.84. The van der Waals surface area contributed by atoms with E-state index < -0.39 is 5.82 Å². The lowest BCUT2D eigenvalue weighted by Crippen LogP contribution is -2.00. The third-order valence-electron chi connectivity index (χ3n) is 1.56. The summed E-state index contributed by atoms with van der Waals surface area (Å²) < 4.78 is 13.8. The lowest BCUT2D eigenvalue weighted by atomic mass is 10.1. The Hall–Kier alpha value is -0.960. The highest BCUT2D eigenvalue weighted by atomic mass is 79.9. The smallest absolute Gasteiger partial charge is 0.169 e. The molecule has 0 saturated heterocycles. The topological polar surface area (TPSA) is 17.1 Å². The molecule has 0 amide bonds. The first-order valence-electron chi connectivity index (χ1n) is 3.74. The van der Waals surface area contributed by atoms with Crippen molar-refractivity contribution in [1.29, 1.82) is 0 Å². The van der Waals surface area contributed by atoms with Crippen LogP contribution in [-0.4, -0.2) is 5.78 Å². The van der Waals surface area contributed by atoms with Gasteiger partial charge in [0.2, 0.25) is 0 Å². The fourth-order valence-corrected chi connectivity index (χ4v) is 1.31. The van der Waals surface area contributed by atoms with E-state index in [0.29, 0.717) is 4.47 Å². The molecule has 0 heterocycles. The molecule has 0 N–H and O–H groups in total. The Bertz CT molecular complexity index is 347. The van der Waals surface area contributed by atoms with E-state index in [4.69, 9.17) is 0 Å². The molecule has 0 radical (unpaired) electrons. The van der Waals surface area contributed by atoms with Gasteiger partial charge in [-0.25, -0.2) is 4.39 Å². The highest BCUT2D eigenvalue weighted by Crippen LogP contribution is 2.16. The Morgan fingerprint density at radius 1 is 1.62 bits per heavy atom. The van der Waals surface area contributed by atoms with Crippen molar-refractivity contribution in [2.75, 3.05) is 0 Å². The molecule has 0 saturated carbocycles. The predicted molar refractivity (Wildman–Crippen MR) is 53.2 cm³/mol. The molecule has 0 aliphatic carbocycles. The summed E-state index contributed by atoms with van der Waals surface area (Å²) >= 11 is 3.17. The summed E-state index contributed by atoms with van der Waals surface area (Å²) in [5, 5.41) is 0. The molecule has 3 heteroatoms. The molecule has 0 bridgehead atoms. The highest BCUT2D eigenvalue weighted by Gasteiger charge is 2.09. The second-order valence-corrected chi connectivity index (χ2v) is 3.46. The van der Waals surface area contributed by atoms with Crippen LogP contribution in [0.3, 0.4) is 0 Å². The molecule has 0 aliphatic heterocycles. The molecule has 1 aromatic carbocycles. The number of hydrogen-bond acceptors (Lipinski definition) is 1. The predicted octanol–water partition coefficient (Wildman–Crippen LogP) is 3.35. The number of benzene rings is 1. The molecule has 1 aromatic rings. The average Bonchev–Trinajstić information content (AvgIpc) is 2.09. The van der Waals surface area contributed by atoms with Gasteiger partial charge in [-0.2, -0.15) is 0 Å². The molecule has 0 aliphatic rings. The van der Waals surface area contributed by atoms with E-state index in [1.807, 2.05) is 0 Å². The van der Waals surface area contributed by atoms with Crippen LogP contribution in [0, 0.1) is 5.82 Å². The van der Waals surface area contributed by atoms with Gasteiger partial charge in [-0.15, -0.1) is 6.58 Å². The van der Waals surface area contributed by atoms with Crippen LogP contribution < -0.4 is 0 Å². The molecule has 0 atom stereocenters. The molecule has 0 spiro atoms. The van der Waals surface area contributed by atoms with Gasteiger partial charge in [-0.3, -0.25) is 4.79 Å². The molecule has 0 fully saturated rings. The summed E-state index contributed by atoms with van der Waals surface area (Å²) in [6, 6.07) is 4.29. The minimum atomic E-state index is -0.491. The van der Waals surface area contributed by atoms with Crippen molar-refractivity contribution in [3.8, 4) is 0 Å². The van der Waals surface area contributed by atoms with Crippen LogP contribution in [0.1, 0.15) is 16.8 Å². The number of carbonyl (C=O) groups is 1. The lowest BCUT2D eigenvalue weighted by molar-refractivity contribution is 0.0992. The summed E-state index contributed by atoms with van der Waals surface area (Å²) in [6.45, 7) is 3.42. The zero-order valence-corrected chi connectivity index (χ0v) is 8.47. The normalized spacial score (nSPS) is 9.69. The van der Waals surface area contributed by atoms with Crippen molar-refractivity contribution in [1.82, 2.24) is 0 Å². The van der Waals surface area contributed by atoms with Crippen LogP contribution in [0.4, 0.5) is 4.39 Å². The van der Waals surface area contributed by atoms with Gasteiger partial charge in [0, 0.05) is 10.9 Å². The summed E-state index contributed by atoms with van der Waals surface area (Å²) in [6.07, 6.45) is 1.62. The van der Waals surface area contributed by atoms with Gasteiger partial charge in [0.1, 0.15) is 5.82 Å². The van der Waals surface area contributed by atoms with Gasteiger partial charge in [0.25, 0.3) is 0 Å². The SMILES string of the molecule is C=CCC(=O)c1cc(Br)ccc1F. The lowest BCUT2D eigenvalue weighted by Gasteiger charge is -2.00. The average molecular weight is 243 g/mol. The Morgan fingerprint density at radius 3 is 2.92 bits per heavy atom. The highest BCUT2D eigenvalue weighted by molar-refractivity contribution is 9.10. The summed E-state index contributed by atoms with van der Waals surface area (Å²) in [7, 11) is 0. The number of halogens is 2. The number of Topliss-reactive ketones (excluding diaryl/α,β-unsaturated/α-hetero) is 1. The van der Waals surface area contributed by atoms with Crippen molar-refractivity contribution < 1.29 is 9.18 Å². The van der Waals surface area contributed by atoms with Crippen molar-refractivity contribution in [2.24, 2.45) is 0 Å². The van der Waals surface area contributed by atoms with Crippen molar-refractivity contribution in [3.63, 3.8) is 0 Å². The summed E-state index contributed by atoms with van der Waals surface area (Å²) in [4.78, 5) is 11.3. The van der Waals surface area contributed by atoms with Crippen LogP contribution in [0.2, 0.25) is 0 Å². The second-order valence-electron chi connectivity index (χ2n) is 2.54. The van der Waals surface area contributed by atoms with Crippen molar-refractivity contribution >= 4 is 21.7 Å². The Balaban J connectivity index is 3.05. The van der Waals surface area contributed by atoms with E-state index in [0.717, 1.165) is 0 Å². The monoisotopic (exact) mass is 242 g/mol. The minimum absolute atomic E-state index is 0.106. The maximum absolute atomic E-state index is 13.1. The van der Waals surface area contributed by atoms with Crippen LogP contribution in [-0.2, 0) is 0 Å². The number of hydrogen-bond donors (Lipinski definition) is 0. The summed E-state index contributed by atoms with van der Waals surface area (Å²) in [5.41, 5.74) is 0.106. The largest absolute Gasteiger partial charge is 0.294 e. The van der Waals surface area contributed by atoms with E-state index in [2.05, 4.69) is 22.5 Å².